The van der Waals surface area contributed by atoms with Gasteiger partial charge in [-0.25, -0.2) is 9.97 Å². The SMILES string of the molecule is CN(CC1CCN(c2ncccn2)CC1)C(=O)C(C)(C)C. The summed E-state index contributed by atoms with van der Waals surface area (Å²) in [5.41, 5.74) is -0.298. The molecule has 1 amide bonds. The van der Waals surface area contributed by atoms with Crippen LogP contribution >= 0.6 is 0 Å². The van der Waals surface area contributed by atoms with Gasteiger partial charge < -0.3 is 9.80 Å². The smallest absolute Gasteiger partial charge is 0.227 e. The van der Waals surface area contributed by atoms with Crippen LogP contribution in [-0.2, 0) is 4.79 Å². The van der Waals surface area contributed by atoms with E-state index in [-0.39, 0.29) is 11.3 Å². The first kappa shape index (κ1) is 15.7. The minimum absolute atomic E-state index is 0.219. The van der Waals surface area contributed by atoms with E-state index >= 15 is 0 Å². The Labute approximate surface area is 127 Å². The molecule has 0 N–H and O–H groups in total. The van der Waals surface area contributed by atoms with E-state index in [2.05, 4.69) is 14.9 Å². The second kappa shape index (κ2) is 6.41. The highest BCUT2D eigenvalue weighted by Gasteiger charge is 2.28. The molecule has 1 saturated heterocycles. The molecule has 5 nitrogen and oxygen atoms in total. The molecule has 0 unspecified atom stereocenters. The van der Waals surface area contributed by atoms with E-state index in [1.54, 1.807) is 12.4 Å². The summed E-state index contributed by atoms with van der Waals surface area (Å²) < 4.78 is 0. The van der Waals surface area contributed by atoms with Gasteiger partial charge in [-0.1, -0.05) is 20.8 Å². The first-order chi connectivity index (χ1) is 9.88. The standard InChI is InChI=1S/C16H26N4O/c1-16(2,3)14(21)19(4)12-13-6-10-20(11-7-13)15-17-8-5-9-18-15/h5,8-9,13H,6-7,10-12H2,1-4H3. The van der Waals surface area contributed by atoms with Crippen molar-refractivity contribution in [1.82, 2.24) is 14.9 Å². The fourth-order valence-corrected chi connectivity index (χ4v) is 2.81. The van der Waals surface area contributed by atoms with Crippen LogP contribution in [0.2, 0.25) is 0 Å². The monoisotopic (exact) mass is 290 g/mol. The van der Waals surface area contributed by atoms with Crippen molar-refractivity contribution in [3.05, 3.63) is 18.5 Å². The molecular formula is C16H26N4O. The van der Waals surface area contributed by atoms with Crippen molar-refractivity contribution in [2.75, 3.05) is 31.6 Å². The molecule has 0 saturated carbocycles. The van der Waals surface area contributed by atoms with E-state index in [0.29, 0.717) is 5.92 Å². The molecule has 0 aliphatic carbocycles. The Morgan fingerprint density at radius 3 is 2.38 bits per heavy atom. The van der Waals surface area contributed by atoms with Crippen molar-refractivity contribution in [2.24, 2.45) is 11.3 Å². The molecule has 1 aromatic heterocycles. The highest BCUT2D eigenvalue weighted by Crippen LogP contribution is 2.23. The molecule has 21 heavy (non-hydrogen) atoms. The van der Waals surface area contributed by atoms with Gasteiger partial charge in [-0.15, -0.1) is 0 Å². The Morgan fingerprint density at radius 1 is 1.29 bits per heavy atom. The van der Waals surface area contributed by atoms with E-state index in [9.17, 15) is 4.79 Å². The van der Waals surface area contributed by atoms with Crippen molar-refractivity contribution in [3.8, 4) is 0 Å². The Kier molecular flexibility index (Phi) is 4.80. The lowest BCUT2D eigenvalue weighted by Crippen LogP contribution is -2.43. The van der Waals surface area contributed by atoms with E-state index in [0.717, 1.165) is 38.4 Å². The van der Waals surface area contributed by atoms with E-state index in [4.69, 9.17) is 0 Å². The summed E-state index contributed by atoms with van der Waals surface area (Å²) in [7, 11) is 1.92. The minimum Gasteiger partial charge on any atom is -0.345 e. The van der Waals surface area contributed by atoms with Gasteiger partial charge in [0.2, 0.25) is 11.9 Å². The molecule has 0 bridgehead atoms. The Morgan fingerprint density at radius 2 is 1.86 bits per heavy atom. The van der Waals surface area contributed by atoms with Gasteiger partial charge in [-0.05, 0) is 24.8 Å². The van der Waals surface area contributed by atoms with Crippen molar-refractivity contribution in [2.45, 2.75) is 33.6 Å². The van der Waals surface area contributed by atoms with Gasteiger partial charge in [0.05, 0.1) is 0 Å². The van der Waals surface area contributed by atoms with Crippen LogP contribution in [0.4, 0.5) is 5.95 Å². The van der Waals surface area contributed by atoms with Crippen LogP contribution in [0, 0.1) is 11.3 Å². The number of nitrogens with zero attached hydrogens (tertiary/aromatic N) is 4. The fraction of sp³-hybridized carbons (Fsp3) is 0.688. The molecule has 0 aromatic carbocycles. The molecule has 0 spiro atoms. The number of carbonyl (C=O) groups is 1. The molecule has 0 atom stereocenters. The lowest BCUT2D eigenvalue weighted by atomic mass is 9.92. The zero-order valence-electron chi connectivity index (χ0n) is 13.5. The largest absolute Gasteiger partial charge is 0.345 e. The number of piperidine rings is 1. The third kappa shape index (κ3) is 4.16. The van der Waals surface area contributed by atoms with Crippen molar-refractivity contribution < 1.29 is 4.79 Å². The number of rotatable bonds is 3. The van der Waals surface area contributed by atoms with Crippen LogP contribution in [0.15, 0.2) is 18.5 Å². The highest BCUT2D eigenvalue weighted by molar-refractivity contribution is 5.81. The second-order valence-electron chi connectivity index (χ2n) is 6.91. The quantitative estimate of drug-likeness (QED) is 0.856. The van der Waals surface area contributed by atoms with E-state index in [1.165, 1.54) is 0 Å². The summed E-state index contributed by atoms with van der Waals surface area (Å²) in [4.78, 5) is 24.9. The van der Waals surface area contributed by atoms with Crippen molar-refractivity contribution in [1.29, 1.82) is 0 Å². The average Bonchev–Trinajstić information content (AvgIpc) is 2.47. The summed E-state index contributed by atoms with van der Waals surface area (Å²) in [6.45, 7) is 8.70. The predicted molar refractivity (Wildman–Crippen MR) is 84.1 cm³/mol. The lowest BCUT2D eigenvalue weighted by molar-refractivity contribution is -0.138. The van der Waals surface area contributed by atoms with Crippen LogP contribution < -0.4 is 4.90 Å². The van der Waals surface area contributed by atoms with Gasteiger partial charge in [0.25, 0.3) is 0 Å². The van der Waals surface area contributed by atoms with E-state index in [1.807, 2.05) is 38.8 Å². The average molecular weight is 290 g/mol. The zero-order chi connectivity index (χ0) is 15.5. The van der Waals surface area contributed by atoms with Crippen molar-refractivity contribution in [3.63, 3.8) is 0 Å². The Bertz CT molecular complexity index is 461. The summed E-state index contributed by atoms with van der Waals surface area (Å²) in [5.74, 6) is 1.60. The van der Waals surface area contributed by atoms with Crippen LogP contribution in [0.3, 0.4) is 0 Å². The number of anilines is 1. The van der Waals surface area contributed by atoms with Gasteiger partial charge in [0, 0.05) is 44.5 Å². The third-order valence-electron chi connectivity index (χ3n) is 3.97. The fourth-order valence-electron chi connectivity index (χ4n) is 2.81. The zero-order valence-corrected chi connectivity index (χ0v) is 13.5. The molecule has 2 rings (SSSR count). The molecule has 1 aliphatic heterocycles. The number of aromatic nitrogens is 2. The predicted octanol–water partition coefficient (Wildman–Crippen LogP) is 2.20. The van der Waals surface area contributed by atoms with Crippen molar-refractivity contribution >= 4 is 11.9 Å². The van der Waals surface area contributed by atoms with E-state index < -0.39 is 0 Å². The summed E-state index contributed by atoms with van der Waals surface area (Å²) in [5, 5.41) is 0. The maximum absolute atomic E-state index is 12.2. The molecule has 116 valence electrons. The number of carbonyl (C=O) groups excluding carboxylic acids is 1. The van der Waals surface area contributed by atoms with Crippen LogP contribution in [0.5, 0.6) is 0 Å². The molecule has 2 heterocycles. The maximum Gasteiger partial charge on any atom is 0.227 e. The van der Waals surface area contributed by atoms with Gasteiger partial charge in [-0.2, -0.15) is 0 Å². The summed E-state index contributed by atoms with van der Waals surface area (Å²) in [6, 6.07) is 1.84. The van der Waals surface area contributed by atoms with Crippen LogP contribution in [0.1, 0.15) is 33.6 Å². The Hall–Kier alpha value is -1.65. The lowest BCUT2D eigenvalue weighted by Gasteiger charge is -2.35. The van der Waals surface area contributed by atoms with Gasteiger partial charge in [-0.3, -0.25) is 4.79 Å². The van der Waals surface area contributed by atoms with Gasteiger partial charge >= 0.3 is 0 Å². The molecule has 1 aliphatic rings. The molecule has 1 aromatic rings. The molecule has 0 radical (unpaired) electrons. The summed E-state index contributed by atoms with van der Waals surface area (Å²) in [6.07, 6.45) is 5.73. The first-order valence-electron chi connectivity index (χ1n) is 7.65. The maximum atomic E-state index is 12.2. The Balaban J connectivity index is 1.83. The van der Waals surface area contributed by atoms with Gasteiger partial charge in [0.1, 0.15) is 0 Å². The topological polar surface area (TPSA) is 49.3 Å². The second-order valence-corrected chi connectivity index (χ2v) is 6.91. The van der Waals surface area contributed by atoms with Crippen LogP contribution in [-0.4, -0.2) is 47.5 Å². The summed E-state index contributed by atoms with van der Waals surface area (Å²) >= 11 is 0. The number of hydrogen-bond donors (Lipinski definition) is 0. The third-order valence-corrected chi connectivity index (χ3v) is 3.97. The normalized spacial score (nSPS) is 16.9. The van der Waals surface area contributed by atoms with Crippen LogP contribution in [0.25, 0.3) is 0 Å². The number of hydrogen-bond acceptors (Lipinski definition) is 4. The first-order valence-corrected chi connectivity index (χ1v) is 7.65. The highest BCUT2D eigenvalue weighted by atomic mass is 16.2. The molecule has 1 fully saturated rings. The molecular weight excluding hydrogens is 264 g/mol. The molecule has 5 heteroatoms. The number of amides is 1. The minimum atomic E-state index is -0.298. The van der Waals surface area contributed by atoms with Gasteiger partial charge in [0.15, 0.2) is 0 Å².